The number of hydrogen-bond acceptors (Lipinski definition) is 7. The van der Waals surface area contributed by atoms with Gasteiger partial charge in [-0.1, -0.05) is 6.07 Å². The second-order valence-corrected chi connectivity index (χ2v) is 6.20. The second kappa shape index (κ2) is 9.12. The van der Waals surface area contributed by atoms with E-state index < -0.39 is 0 Å². The van der Waals surface area contributed by atoms with E-state index in [0.717, 1.165) is 12.8 Å². The maximum Gasteiger partial charge on any atom is 0.322 e. The number of rotatable bonds is 6. The van der Waals surface area contributed by atoms with E-state index in [-0.39, 0.29) is 12.1 Å². The third kappa shape index (κ3) is 4.54. The first-order chi connectivity index (χ1) is 13.6. The van der Waals surface area contributed by atoms with Crippen molar-refractivity contribution in [2.24, 2.45) is 0 Å². The number of nitrogens with one attached hydrogen (secondary N) is 1. The maximum absolute atomic E-state index is 12.7. The zero-order valence-electron chi connectivity index (χ0n) is 16.2. The Labute approximate surface area is 163 Å². The predicted octanol–water partition coefficient (Wildman–Crippen LogP) is 2.58. The number of nitrogens with zero attached hydrogens (tertiary/aromatic N) is 3. The fraction of sp³-hybridized carbons (Fsp3) is 0.421. The summed E-state index contributed by atoms with van der Waals surface area (Å²) in [6, 6.07) is 5.11. The lowest BCUT2D eigenvalue weighted by atomic mass is 10.1. The minimum Gasteiger partial charge on any atom is -0.493 e. The Morgan fingerprint density at radius 3 is 2.71 bits per heavy atom. The molecule has 1 fully saturated rings. The van der Waals surface area contributed by atoms with Gasteiger partial charge in [0.05, 0.1) is 46.0 Å². The first-order valence-electron chi connectivity index (χ1n) is 8.94. The van der Waals surface area contributed by atoms with Gasteiger partial charge in [-0.25, -0.2) is 4.79 Å². The van der Waals surface area contributed by atoms with Crippen molar-refractivity contribution in [2.45, 2.75) is 18.9 Å². The molecular weight excluding hydrogens is 364 g/mol. The highest BCUT2D eigenvalue weighted by molar-refractivity contribution is 5.91. The van der Waals surface area contributed by atoms with Gasteiger partial charge in [0.25, 0.3) is 0 Å². The Bertz CT molecular complexity index is 817. The number of methoxy groups -OCH3 is 3. The average Bonchev–Trinajstić information content (AvgIpc) is 2.73. The van der Waals surface area contributed by atoms with E-state index in [2.05, 4.69) is 15.3 Å². The highest BCUT2D eigenvalue weighted by atomic mass is 16.5. The standard InChI is InChI=1S/C19H24N4O5/c1-25-15-8-4-7-14(18(15)27-3)21-19(24)23-9-5-6-13(12-23)28-17-11-20-10-16(22-17)26-2/h4,7-8,10-11,13H,5-6,9,12H2,1-3H3,(H,21,24). The summed E-state index contributed by atoms with van der Waals surface area (Å²) >= 11 is 0. The fourth-order valence-electron chi connectivity index (χ4n) is 3.06. The lowest BCUT2D eigenvalue weighted by Gasteiger charge is -2.32. The Kier molecular flexibility index (Phi) is 6.36. The summed E-state index contributed by atoms with van der Waals surface area (Å²) in [4.78, 5) is 22.7. The van der Waals surface area contributed by atoms with Crippen LogP contribution in [0.4, 0.5) is 10.5 Å². The molecule has 9 heteroatoms. The van der Waals surface area contributed by atoms with E-state index in [0.29, 0.717) is 42.0 Å². The molecule has 1 aromatic heterocycles. The highest BCUT2D eigenvalue weighted by Crippen LogP contribution is 2.35. The highest BCUT2D eigenvalue weighted by Gasteiger charge is 2.26. The van der Waals surface area contributed by atoms with Gasteiger partial charge >= 0.3 is 6.03 Å². The summed E-state index contributed by atoms with van der Waals surface area (Å²) in [6.45, 7) is 1.08. The molecule has 1 saturated heterocycles. The van der Waals surface area contributed by atoms with Crippen LogP contribution in [-0.4, -0.2) is 61.4 Å². The first kappa shape index (κ1) is 19.5. The molecule has 3 rings (SSSR count). The summed E-state index contributed by atoms with van der Waals surface area (Å²) in [7, 11) is 4.61. The topological polar surface area (TPSA) is 95.0 Å². The molecule has 1 N–H and O–H groups in total. The molecule has 0 radical (unpaired) electrons. The minimum absolute atomic E-state index is 0.173. The van der Waals surface area contributed by atoms with Crippen molar-refractivity contribution in [3.63, 3.8) is 0 Å². The number of hydrogen-bond donors (Lipinski definition) is 1. The number of amides is 2. The number of carbonyl (C=O) groups is 1. The number of aromatic nitrogens is 2. The van der Waals surface area contributed by atoms with Gasteiger partial charge in [0, 0.05) is 6.54 Å². The van der Waals surface area contributed by atoms with Crippen molar-refractivity contribution >= 4 is 11.7 Å². The second-order valence-electron chi connectivity index (χ2n) is 6.20. The molecule has 1 aliphatic heterocycles. The van der Waals surface area contributed by atoms with Gasteiger partial charge in [0.2, 0.25) is 11.8 Å². The van der Waals surface area contributed by atoms with Crippen molar-refractivity contribution in [1.82, 2.24) is 14.9 Å². The normalized spacial score (nSPS) is 16.2. The molecule has 2 heterocycles. The summed E-state index contributed by atoms with van der Waals surface area (Å²) in [5, 5.41) is 2.89. The van der Waals surface area contributed by atoms with Crippen molar-refractivity contribution in [2.75, 3.05) is 39.7 Å². The predicted molar refractivity (Wildman–Crippen MR) is 102 cm³/mol. The SMILES string of the molecule is COc1cncc(OC2CCCN(C(=O)Nc3cccc(OC)c3OC)C2)n1. The van der Waals surface area contributed by atoms with Crippen molar-refractivity contribution in [3.8, 4) is 23.3 Å². The van der Waals surface area contributed by atoms with Gasteiger partial charge in [-0.3, -0.25) is 4.98 Å². The molecule has 1 aliphatic rings. The molecule has 0 bridgehead atoms. The fourth-order valence-corrected chi connectivity index (χ4v) is 3.06. The average molecular weight is 388 g/mol. The molecule has 1 unspecified atom stereocenters. The number of benzene rings is 1. The lowest BCUT2D eigenvalue weighted by Crippen LogP contribution is -2.46. The number of anilines is 1. The van der Waals surface area contributed by atoms with Crippen LogP contribution in [0, 0.1) is 0 Å². The molecule has 9 nitrogen and oxygen atoms in total. The molecule has 2 amide bonds. The van der Waals surface area contributed by atoms with Crippen LogP contribution >= 0.6 is 0 Å². The summed E-state index contributed by atoms with van der Waals surface area (Å²) in [5.41, 5.74) is 0.550. The van der Waals surface area contributed by atoms with Gasteiger partial charge in [0.1, 0.15) is 6.10 Å². The minimum atomic E-state index is -0.225. The molecule has 1 aromatic carbocycles. The number of carbonyl (C=O) groups excluding carboxylic acids is 1. The van der Waals surface area contributed by atoms with Crippen LogP contribution in [0.1, 0.15) is 12.8 Å². The molecule has 28 heavy (non-hydrogen) atoms. The maximum atomic E-state index is 12.7. The van der Waals surface area contributed by atoms with Gasteiger partial charge in [-0.05, 0) is 25.0 Å². The van der Waals surface area contributed by atoms with Crippen LogP contribution in [0.2, 0.25) is 0 Å². The van der Waals surface area contributed by atoms with Gasteiger partial charge in [0.15, 0.2) is 11.5 Å². The number of ether oxygens (including phenoxy) is 4. The quantitative estimate of drug-likeness (QED) is 0.813. The number of piperidine rings is 1. The Balaban J connectivity index is 1.64. The van der Waals surface area contributed by atoms with E-state index in [1.54, 1.807) is 30.2 Å². The zero-order chi connectivity index (χ0) is 19.9. The van der Waals surface area contributed by atoms with Gasteiger partial charge in [-0.2, -0.15) is 4.98 Å². The molecule has 0 aliphatic carbocycles. The smallest absolute Gasteiger partial charge is 0.322 e. The van der Waals surface area contributed by atoms with E-state index in [4.69, 9.17) is 18.9 Å². The molecule has 2 aromatic rings. The number of likely N-dealkylation sites (tertiary alicyclic amines) is 1. The van der Waals surface area contributed by atoms with Crippen LogP contribution in [0.3, 0.4) is 0 Å². The Hall–Kier alpha value is -3.23. The molecular formula is C19H24N4O5. The van der Waals surface area contributed by atoms with Crippen molar-refractivity contribution < 1.29 is 23.7 Å². The third-order valence-electron chi connectivity index (χ3n) is 4.40. The van der Waals surface area contributed by atoms with E-state index >= 15 is 0 Å². The molecule has 0 saturated carbocycles. The third-order valence-corrected chi connectivity index (χ3v) is 4.40. The van der Waals surface area contributed by atoms with Crippen LogP contribution in [0.15, 0.2) is 30.6 Å². The summed E-state index contributed by atoms with van der Waals surface area (Å²) in [6.07, 6.45) is 4.51. The van der Waals surface area contributed by atoms with Gasteiger partial charge < -0.3 is 29.2 Å². The van der Waals surface area contributed by atoms with E-state index in [1.807, 2.05) is 0 Å². The first-order valence-corrected chi connectivity index (χ1v) is 8.94. The van der Waals surface area contributed by atoms with Crippen LogP contribution in [0.25, 0.3) is 0 Å². The van der Waals surface area contributed by atoms with Gasteiger partial charge in [-0.15, -0.1) is 0 Å². The summed E-state index contributed by atoms with van der Waals surface area (Å²) in [5.74, 6) is 1.79. The van der Waals surface area contributed by atoms with Crippen molar-refractivity contribution in [3.05, 3.63) is 30.6 Å². The Morgan fingerprint density at radius 1 is 1.14 bits per heavy atom. The van der Waals surface area contributed by atoms with Crippen LogP contribution in [-0.2, 0) is 0 Å². The summed E-state index contributed by atoms with van der Waals surface area (Å²) < 4.78 is 21.6. The monoisotopic (exact) mass is 388 g/mol. The molecule has 0 spiro atoms. The van der Waals surface area contributed by atoms with Crippen LogP contribution < -0.4 is 24.3 Å². The van der Waals surface area contributed by atoms with Crippen LogP contribution in [0.5, 0.6) is 23.3 Å². The number of para-hydroxylation sites is 1. The zero-order valence-corrected chi connectivity index (χ0v) is 16.2. The number of urea groups is 1. The Morgan fingerprint density at radius 2 is 1.96 bits per heavy atom. The lowest BCUT2D eigenvalue weighted by molar-refractivity contribution is 0.101. The van der Waals surface area contributed by atoms with Crippen molar-refractivity contribution in [1.29, 1.82) is 0 Å². The van der Waals surface area contributed by atoms with E-state index in [1.165, 1.54) is 26.6 Å². The van der Waals surface area contributed by atoms with E-state index in [9.17, 15) is 4.79 Å². The molecule has 150 valence electrons. The largest absolute Gasteiger partial charge is 0.493 e. The molecule has 1 atom stereocenters.